The first-order valence-corrected chi connectivity index (χ1v) is 7.10. The van der Waals surface area contributed by atoms with E-state index in [9.17, 15) is 13.2 Å². The second kappa shape index (κ2) is 5.25. The van der Waals surface area contributed by atoms with Crippen LogP contribution in [0.15, 0.2) is 47.1 Å². The highest BCUT2D eigenvalue weighted by Crippen LogP contribution is 2.14. The molecule has 1 aromatic carbocycles. The Labute approximate surface area is 110 Å². The number of furan rings is 1. The summed E-state index contributed by atoms with van der Waals surface area (Å²) in [7, 11) is -3.60. The number of hydrogen-bond donors (Lipinski definition) is 2. The van der Waals surface area contributed by atoms with E-state index in [1.165, 1.54) is 12.3 Å². The van der Waals surface area contributed by atoms with Gasteiger partial charge in [-0.1, -0.05) is 12.1 Å². The van der Waals surface area contributed by atoms with E-state index >= 15 is 0 Å². The fraction of sp³-hybridized carbons (Fsp3) is 0.0833. The van der Waals surface area contributed by atoms with Gasteiger partial charge in [0.1, 0.15) is 0 Å². The van der Waals surface area contributed by atoms with Crippen molar-refractivity contribution in [2.75, 3.05) is 5.32 Å². The molecule has 2 aromatic rings. The SMILES string of the molecule is NS(=O)(=O)Cc1cccc(NC(=O)c2ccco2)c1. The van der Waals surface area contributed by atoms with Crippen LogP contribution in [0.25, 0.3) is 0 Å². The molecule has 19 heavy (non-hydrogen) atoms. The van der Waals surface area contributed by atoms with Crippen LogP contribution in [0.3, 0.4) is 0 Å². The molecule has 0 aliphatic heterocycles. The van der Waals surface area contributed by atoms with Crippen LogP contribution in [0.1, 0.15) is 16.1 Å². The van der Waals surface area contributed by atoms with E-state index in [0.717, 1.165) is 0 Å². The molecule has 1 amide bonds. The fourth-order valence-electron chi connectivity index (χ4n) is 1.57. The largest absolute Gasteiger partial charge is 0.459 e. The van der Waals surface area contributed by atoms with Crippen molar-refractivity contribution in [3.8, 4) is 0 Å². The topological polar surface area (TPSA) is 102 Å². The van der Waals surface area contributed by atoms with Crippen LogP contribution in [0.4, 0.5) is 5.69 Å². The second-order valence-electron chi connectivity index (χ2n) is 3.94. The summed E-state index contributed by atoms with van der Waals surface area (Å²) in [5, 5.41) is 7.57. The van der Waals surface area contributed by atoms with Gasteiger partial charge in [-0.3, -0.25) is 4.79 Å². The van der Waals surface area contributed by atoms with Crippen LogP contribution in [-0.4, -0.2) is 14.3 Å². The number of carbonyl (C=O) groups excluding carboxylic acids is 1. The van der Waals surface area contributed by atoms with Crippen LogP contribution < -0.4 is 10.5 Å². The quantitative estimate of drug-likeness (QED) is 0.881. The zero-order valence-corrected chi connectivity index (χ0v) is 10.7. The highest BCUT2D eigenvalue weighted by Gasteiger charge is 2.10. The molecule has 0 saturated heterocycles. The Balaban J connectivity index is 2.13. The Hall–Kier alpha value is -2.12. The molecule has 0 atom stereocenters. The number of anilines is 1. The molecule has 0 fully saturated rings. The highest BCUT2D eigenvalue weighted by atomic mass is 32.2. The Morgan fingerprint density at radius 3 is 2.68 bits per heavy atom. The van der Waals surface area contributed by atoms with Gasteiger partial charge in [-0.2, -0.15) is 0 Å². The van der Waals surface area contributed by atoms with Crippen LogP contribution in [0.2, 0.25) is 0 Å². The fourth-order valence-corrected chi connectivity index (χ4v) is 2.22. The predicted octanol–water partition coefficient (Wildman–Crippen LogP) is 1.32. The molecular weight excluding hydrogens is 268 g/mol. The summed E-state index contributed by atoms with van der Waals surface area (Å²) >= 11 is 0. The van der Waals surface area contributed by atoms with Crippen LogP contribution in [-0.2, 0) is 15.8 Å². The summed E-state index contributed by atoms with van der Waals surface area (Å²) in [6, 6.07) is 9.58. The molecule has 0 spiro atoms. The molecule has 0 aliphatic rings. The van der Waals surface area contributed by atoms with E-state index in [0.29, 0.717) is 11.3 Å². The predicted molar refractivity (Wildman–Crippen MR) is 69.9 cm³/mol. The number of primary sulfonamides is 1. The Bertz CT molecular complexity index is 678. The average Bonchev–Trinajstić information content (AvgIpc) is 2.80. The lowest BCUT2D eigenvalue weighted by molar-refractivity contribution is 0.0996. The number of rotatable bonds is 4. The van der Waals surface area contributed by atoms with Crippen LogP contribution >= 0.6 is 0 Å². The van der Waals surface area contributed by atoms with Crippen molar-refractivity contribution in [1.82, 2.24) is 0 Å². The molecule has 0 saturated carbocycles. The van der Waals surface area contributed by atoms with Gasteiger partial charge >= 0.3 is 0 Å². The van der Waals surface area contributed by atoms with Gasteiger partial charge in [-0.15, -0.1) is 0 Å². The second-order valence-corrected chi connectivity index (χ2v) is 5.55. The van der Waals surface area contributed by atoms with Gasteiger partial charge in [0.25, 0.3) is 5.91 Å². The maximum Gasteiger partial charge on any atom is 0.291 e. The summed E-state index contributed by atoms with van der Waals surface area (Å²) in [6.45, 7) is 0. The third-order valence-electron chi connectivity index (χ3n) is 2.30. The van der Waals surface area contributed by atoms with Crippen LogP contribution in [0, 0.1) is 0 Å². The lowest BCUT2D eigenvalue weighted by atomic mass is 10.2. The summed E-state index contributed by atoms with van der Waals surface area (Å²) in [5.74, 6) is -0.508. The summed E-state index contributed by atoms with van der Waals surface area (Å²) < 4.78 is 26.9. The van der Waals surface area contributed by atoms with Crippen molar-refractivity contribution in [3.05, 3.63) is 54.0 Å². The van der Waals surface area contributed by atoms with E-state index in [4.69, 9.17) is 9.56 Å². The van der Waals surface area contributed by atoms with Crippen molar-refractivity contribution in [2.24, 2.45) is 5.14 Å². The maximum absolute atomic E-state index is 11.7. The molecule has 1 heterocycles. The lowest BCUT2D eigenvalue weighted by Gasteiger charge is -2.05. The van der Waals surface area contributed by atoms with Gasteiger partial charge in [0.2, 0.25) is 10.0 Å². The van der Waals surface area contributed by atoms with Crippen molar-refractivity contribution in [3.63, 3.8) is 0 Å². The number of amides is 1. The lowest BCUT2D eigenvalue weighted by Crippen LogP contribution is -2.15. The van der Waals surface area contributed by atoms with Gasteiger partial charge < -0.3 is 9.73 Å². The monoisotopic (exact) mass is 280 g/mol. The molecule has 6 nitrogen and oxygen atoms in total. The molecule has 7 heteroatoms. The third kappa shape index (κ3) is 3.94. The van der Waals surface area contributed by atoms with E-state index in [2.05, 4.69) is 5.32 Å². The summed E-state index contributed by atoms with van der Waals surface area (Å²) in [4.78, 5) is 11.7. The number of hydrogen-bond acceptors (Lipinski definition) is 4. The molecule has 100 valence electrons. The zero-order chi connectivity index (χ0) is 13.9. The van der Waals surface area contributed by atoms with Crippen molar-refractivity contribution < 1.29 is 17.6 Å². The van der Waals surface area contributed by atoms with E-state index in [1.807, 2.05) is 0 Å². The van der Waals surface area contributed by atoms with Gasteiger partial charge in [0, 0.05) is 5.69 Å². The van der Waals surface area contributed by atoms with Crippen molar-refractivity contribution in [1.29, 1.82) is 0 Å². The minimum absolute atomic E-state index is 0.178. The van der Waals surface area contributed by atoms with E-state index in [-0.39, 0.29) is 11.5 Å². The standard InChI is InChI=1S/C12H12N2O4S/c13-19(16,17)8-9-3-1-4-10(7-9)14-12(15)11-5-2-6-18-11/h1-7H,8H2,(H,14,15)(H2,13,16,17). The first-order chi connectivity index (χ1) is 8.94. The van der Waals surface area contributed by atoms with Crippen molar-refractivity contribution >= 4 is 21.6 Å². The number of carbonyl (C=O) groups is 1. The number of nitrogens with one attached hydrogen (secondary N) is 1. The highest BCUT2D eigenvalue weighted by molar-refractivity contribution is 7.88. The number of sulfonamides is 1. The molecule has 0 bridgehead atoms. The van der Waals surface area contributed by atoms with E-state index < -0.39 is 15.9 Å². The first-order valence-electron chi connectivity index (χ1n) is 5.38. The normalized spacial score (nSPS) is 11.2. The number of nitrogens with two attached hydrogens (primary N) is 1. The van der Waals surface area contributed by atoms with E-state index in [1.54, 1.807) is 30.3 Å². The molecule has 0 unspecified atom stereocenters. The molecule has 2 rings (SSSR count). The minimum atomic E-state index is -3.60. The molecule has 3 N–H and O–H groups in total. The Morgan fingerprint density at radius 1 is 1.26 bits per heavy atom. The van der Waals surface area contributed by atoms with Gasteiger partial charge in [-0.05, 0) is 29.8 Å². The average molecular weight is 280 g/mol. The van der Waals surface area contributed by atoms with Gasteiger partial charge in [0.05, 0.1) is 12.0 Å². The molecule has 0 aliphatic carbocycles. The van der Waals surface area contributed by atoms with Crippen molar-refractivity contribution in [2.45, 2.75) is 5.75 Å². The maximum atomic E-state index is 11.7. The third-order valence-corrected chi connectivity index (χ3v) is 3.03. The van der Waals surface area contributed by atoms with Gasteiger partial charge in [0.15, 0.2) is 5.76 Å². The number of benzene rings is 1. The summed E-state index contributed by atoms with van der Waals surface area (Å²) in [5.41, 5.74) is 0.974. The van der Waals surface area contributed by atoms with Crippen LogP contribution in [0.5, 0.6) is 0 Å². The molecule has 0 radical (unpaired) electrons. The minimum Gasteiger partial charge on any atom is -0.459 e. The Morgan fingerprint density at radius 2 is 2.05 bits per heavy atom. The van der Waals surface area contributed by atoms with Gasteiger partial charge in [-0.25, -0.2) is 13.6 Å². The molecular formula is C12H12N2O4S. The summed E-state index contributed by atoms with van der Waals surface area (Å²) in [6.07, 6.45) is 1.40. The molecule has 1 aromatic heterocycles. The first kappa shape index (κ1) is 13.3. The zero-order valence-electron chi connectivity index (χ0n) is 9.87. The smallest absolute Gasteiger partial charge is 0.291 e. The Kier molecular flexibility index (Phi) is 3.68.